The highest BCUT2D eigenvalue weighted by Gasteiger charge is 2.30. The second kappa shape index (κ2) is 18.4. The van der Waals surface area contributed by atoms with E-state index in [0.717, 1.165) is 10.5 Å². The molecular formula is C38H42N8O10. The molecule has 0 aliphatic carbocycles. The van der Waals surface area contributed by atoms with Crippen LogP contribution in [-0.4, -0.2) is 94.2 Å². The van der Waals surface area contributed by atoms with Gasteiger partial charge in [0.1, 0.15) is 13.3 Å². The summed E-state index contributed by atoms with van der Waals surface area (Å²) in [6.45, 7) is 3.71. The summed E-state index contributed by atoms with van der Waals surface area (Å²) < 4.78 is 20.0. The summed E-state index contributed by atoms with van der Waals surface area (Å²) in [6.07, 6.45) is 4.18. The number of anilines is 4. The van der Waals surface area contributed by atoms with Gasteiger partial charge in [-0.1, -0.05) is 24.3 Å². The molecule has 5 rings (SSSR count). The molecule has 18 nitrogen and oxygen atoms in total. The van der Waals surface area contributed by atoms with Gasteiger partial charge in [-0.05, 0) is 42.7 Å². The summed E-state index contributed by atoms with van der Waals surface area (Å²) in [4.78, 5) is 81.3. The Labute approximate surface area is 321 Å². The van der Waals surface area contributed by atoms with Crippen molar-refractivity contribution in [1.29, 1.82) is 0 Å². The SMILES string of the molecule is C=C1CCN(C(=O)c2cc(OC)c(OCCCC(=O)Nc3cn(C)c(C(=O)Nc4cc(C=O)n(C)c4)n3)cc2N(CO)C(=O)OCc2ccc(NC=O)cc2)C1. The van der Waals surface area contributed by atoms with E-state index in [0.29, 0.717) is 54.8 Å². The molecule has 0 saturated carbocycles. The Hall–Kier alpha value is -6.95. The van der Waals surface area contributed by atoms with Gasteiger partial charge in [0, 0.05) is 57.8 Å². The van der Waals surface area contributed by atoms with Crippen LogP contribution in [-0.2, 0) is 35.0 Å². The first kappa shape index (κ1) is 40.2. The van der Waals surface area contributed by atoms with E-state index in [1.54, 1.807) is 54.0 Å². The van der Waals surface area contributed by atoms with E-state index >= 15 is 0 Å². The predicted molar refractivity (Wildman–Crippen MR) is 204 cm³/mol. The molecule has 1 aliphatic heterocycles. The molecule has 1 fully saturated rings. The van der Waals surface area contributed by atoms with E-state index < -0.39 is 30.5 Å². The van der Waals surface area contributed by atoms with Gasteiger partial charge in [0.25, 0.3) is 11.8 Å². The molecule has 294 valence electrons. The van der Waals surface area contributed by atoms with Crippen molar-refractivity contribution in [3.63, 3.8) is 0 Å². The summed E-state index contributed by atoms with van der Waals surface area (Å²) in [7, 11) is 4.66. The number of methoxy groups -OCH3 is 1. The van der Waals surface area contributed by atoms with Gasteiger partial charge in [-0.15, -0.1) is 0 Å². The van der Waals surface area contributed by atoms with Crippen LogP contribution in [0.15, 0.2) is 67.0 Å². The Morgan fingerprint density at radius 2 is 1.77 bits per heavy atom. The van der Waals surface area contributed by atoms with Gasteiger partial charge in [0.05, 0.1) is 36.3 Å². The fourth-order valence-electron chi connectivity index (χ4n) is 5.81. The van der Waals surface area contributed by atoms with Crippen LogP contribution in [0.4, 0.5) is 27.7 Å². The molecule has 3 heterocycles. The van der Waals surface area contributed by atoms with Crippen LogP contribution in [0, 0.1) is 0 Å². The Morgan fingerprint density at radius 1 is 1.00 bits per heavy atom. The third-order valence-corrected chi connectivity index (χ3v) is 8.72. The van der Waals surface area contributed by atoms with Crippen molar-refractivity contribution in [1.82, 2.24) is 19.0 Å². The number of nitrogens with zero attached hydrogens (tertiary/aromatic N) is 5. The summed E-state index contributed by atoms with van der Waals surface area (Å²) in [6, 6.07) is 10.9. The standard InChI is InChI=1S/C38H42N8O10/c1-24-11-12-45(17-24)37(52)29-15-31(54-4)32(16-30(29)46(23-49)38(53)56-21-25-7-9-26(10-8-25)39-22-48)55-13-5-6-34(50)41-33-19-44(3)35(42-33)36(51)40-27-14-28(20-47)43(2)18-27/h7-10,14-16,18-20,22,49H,1,5-6,11-13,17,21,23H2,2-4H3,(H,39,48)(H,40,51)(H,41,50). The van der Waals surface area contributed by atoms with Gasteiger partial charge in [0.2, 0.25) is 18.1 Å². The molecule has 1 saturated heterocycles. The summed E-state index contributed by atoms with van der Waals surface area (Å²) in [5.74, 6) is -0.873. The van der Waals surface area contributed by atoms with E-state index in [2.05, 4.69) is 27.5 Å². The maximum absolute atomic E-state index is 13.8. The van der Waals surface area contributed by atoms with Crippen LogP contribution in [0.25, 0.3) is 0 Å². The van der Waals surface area contributed by atoms with Gasteiger partial charge < -0.3 is 49.3 Å². The lowest BCUT2D eigenvalue weighted by atomic mass is 10.1. The maximum atomic E-state index is 13.8. The topological polar surface area (TPSA) is 216 Å². The number of carbonyl (C=O) groups excluding carboxylic acids is 6. The van der Waals surface area contributed by atoms with Crippen LogP contribution in [0.1, 0.15) is 56.3 Å². The molecule has 0 unspecified atom stereocenters. The highest BCUT2D eigenvalue weighted by Crippen LogP contribution is 2.37. The van der Waals surface area contributed by atoms with Crippen molar-refractivity contribution in [3.05, 3.63) is 89.7 Å². The summed E-state index contributed by atoms with van der Waals surface area (Å²) in [5, 5.41) is 18.2. The summed E-state index contributed by atoms with van der Waals surface area (Å²) >= 11 is 0. The Morgan fingerprint density at radius 3 is 2.41 bits per heavy atom. The minimum absolute atomic E-state index is 0.00244. The van der Waals surface area contributed by atoms with Crippen molar-refractivity contribution in [2.45, 2.75) is 25.9 Å². The van der Waals surface area contributed by atoms with Crippen molar-refractivity contribution >= 4 is 59.4 Å². The van der Waals surface area contributed by atoms with Crippen LogP contribution < -0.4 is 30.3 Å². The number of benzene rings is 2. The normalized spacial score (nSPS) is 12.1. The number of rotatable bonds is 17. The second-order valence-electron chi connectivity index (χ2n) is 12.7. The molecule has 4 N–H and O–H groups in total. The molecule has 18 heteroatoms. The number of aryl methyl sites for hydroxylation is 2. The van der Waals surface area contributed by atoms with Crippen molar-refractivity contribution in [3.8, 4) is 11.5 Å². The van der Waals surface area contributed by atoms with Crippen molar-refractivity contribution in [2.75, 3.05) is 54.4 Å². The largest absolute Gasteiger partial charge is 0.493 e. The van der Waals surface area contributed by atoms with Crippen molar-refractivity contribution < 1.29 is 48.1 Å². The van der Waals surface area contributed by atoms with Crippen LogP contribution >= 0.6 is 0 Å². The quantitative estimate of drug-likeness (QED) is 0.0526. The number of hydrogen-bond acceptors (Lipinski definition) is 11. The lowest BCUT2D eigenvalue weighted by Gasteiger charge is -2.26. The van der Waals surface area contributed by atoms with Gasteiger partial charge in [-0.3, -0.25) is 28.9 Å². The lowest BCUT2D eigenvalue weighted by Crippen LogP contribution is -2.36. The third kappa shape index (κ3) is 9.77. The molecule has 0 bridgehead atoms. The van der Waals surface area contributed by atoms with Crippen LogP contribution in [0.5, 0.6) is 11.5 Å². The zero-order chi connectivity index (χ0) is 40.4. The minimum atomic E-state index is -0.947. The molecule has 1 aliphatic rings. The number of ether oxygens (including phenoxy) is 3. The van der Waals surface area contributed by atoms with E-state index in [1.807, 2.05) is 0 Å². The average molecular weight is 771 g/mol. The fourth-order valence-corrected chi connectivity index (χ4v) is 5.81. The van der Waals surface area contributed by atoms with Gasteiger partial charge in [-0.25, -0.2) is 9.78 Å². The molecular weight excluding hydrogens is 728 g/mol. The first-order valence-corrected chi connectivity index (χ1v) is 17.4. The molecule has 56 heavy (non-hydrogen) atoms. The molecule has 0 radical (unpaired) electrons. The molecule has 0 spiro atoms. The number of hydrogen-bond donors (Lipinski definition) is 4. The molecule has 5 amide bonds. The molecule has 2 aromatic heterocycles. The number of imidazole rings is 1. The van der Waals surface area contributed by atoms with Crippen LogP contribution in [0.3, 0.4) is 0 Å². The second-order valence-corrected chi connectivity index (χ2v) is 12.7. The highest BCUT2D eigenvalue weighted by atomic mass is 16.6. The number of aliphatic hydroxyl groups excluding tert-OH is 1. The Balaban J connectivity index is 1.25. The number of nitrogens with one attached hydrogen (secondary N) is 3. The average Bonchev–Trinajstić information content (AvgIpc) is 3.89. The van der Waals surface area contributed by atoms with E-state index in [4.69, 9.17) is 14.2 Å². The number of amides is 5. The number of carbonyl (C=O) groups is 6. The van der Waals surface area contributed by atoms with E-state index in [1.165, 1.54) is 36.1 Å². The zero-order valence-corrected chi connectivity index (χ0v) is 31.1. The van der Waals surface area contributed by atoms with E-state index in [-0.39, 0.29) is 60.4 Å². The number of aliphatic hydroxyl groups is 1. The highest BCUT2D eigenvalue weighted by molar-refractivity contribution is 6.05. The minimum Gasteiger partial charge on any atom is -0.493 e. The van der Waals surface area contributed by atoms with Crippen molar-refractivity contribution in [2.24, 2.45) is 14.1 Å². The number of aromatic nitrogens is 3. The Kier molecular flexibility index (Phi) is 13.2. The van der Waals surface area contributed by atoms with Gasteiger partial charge in [-0.2, -0.15) is 0 Å². The Bertz CT molecular complexity index is 2120. The number of aldehydes is 1. The maximum Gasteiger partial charge on any atom is 0.416 e. The lowest BCUT2D eigenvalue weighted by molar-refractivity contribution is -0.116. The van der Waals surface area contributed by atoms with E-state index in [9.17, 15) is 33.9 Å². The smallest absolute Gasteiger partial charge is 0.416 e. The third-order valence-electron chi connectivity index (χ3n) is 8.72. The molecule has 4 aromatic rings. The first-order valence-electron chi connectivity index (χ1n) is 17.4. The van der Waals surface area contributed by atoms with Gasteiger partial charge in [0.15, 0.2) is 23.6 Å². The molecule has 2 aromatic carbocycles. The summed E-state index contributed by atoms with van der Waals surface area (Å²) in [5.41, 5.74) is 2.88. The zero-order valence-electron chi connectivity index (χ0n) is 31.1. The fraction of sp³-hybridized carbons (Fsp3) is 0.289. The molecule has 0 atom stereocenters. The number of likely N-dealkylation sites (tertiary alicyclic amines) is 1. The monoisotopic (exact) mass is 770 g/mol. The predicted octanol–water partition coefficient (Wildman–Crippen LogP) is 3.69. The van der Waals surface area contributed by atoms with Gasteiger partial charge >= 0.3 is 6.09 Å². The first-order chi connectivity index (χ1) is 26.9. The van der Waals surface area contributed by atoms with Crippen LogP contribution in [0.2, 0.25) is 0 Å².